The summed E-state index contributed by atoms with van der Waals surface area (Å²) < 4.78 is 0. The van der Waals surface area contributed by atoms with E-state index in [1.807, 2.05) is 13.0 Å². The Hall–Kier alpha value is -3.15. The third-order valence-corrected chi connectivity index (χ3v) is 4.39. The monoisotopic (exact) mass is 351 g/mol. The molecule has 26 heavy (non-hydrogen) atoms. The molecule has 2 N–H and O–H groups in total. The molecule has 1 aliphatic rings. The summed E-state index contributed by atoms with van der Waals surface area (Å²) in [5.41, 5.74) is 3.29. The highest BCUT2D eigenvalue weighted by atomic mass is 16.2. The summed E-state index contributed by atoms with van der Waals surface area (Å²) >= 11 is 0. The van der Waals surface area contributed by atoms with E-state index in [0.29, 0.717) is 29.9 Å². The Morgan fingerprint density at radius 3 is 2.38 bits per heavy atom. The van der Waals surface area contributed by atoms with Gasteiger partial charge in [-0.15, -0.1) is 0 Å². The average Bonchev–Trinajstić information content (AvgIpc) is 3.04. The van der Waals surface area contributed by atoms with Gasteiger partial charge in [0.1, 0.15) is 0 Å². The van der Waals surface area contributed by atoms with Gasteiger partial charge < -0.3 is 15.5 Å². The second-order valence-electron chi connectivity index (χ2n) is 6.31. The lowest BCUT2D eigenvalue weighted by Gasteiger charge is -2.17. The summed E-state index contributed by atoms with van der Waals surface area (Å²) in [6, 6.07) is 12.4. The van der Waals surface area contributed by atoms with Crippen molar-refractivity contribution in [1.29, 1.82) is 0 Å². The Bertz CT molecular complexity index is 876. The fraction of sp³-hybridized carbons (Fsp3) is 0.250. The van der Waals surface area contributed by atoms with E-state index in [-0.39, 0.29) is 17.7 Å². The molecule has 3 amide bonds. The third kappa shape index (κ3) is 3.74. The standard InChI is InChI=1S/C20H21N3O3/c1-13-17(21-14(2)24)8-4-9-18(13)22-20(26)15-6-3-7-16(12-15)23-11-5-10-19(23)25/h3-4,6-9,12H,5,10-11H2,1-2H3,(H,21,24)(H,22,26). The van der Waals surface area contributed by atoms with E-state index in [2.05, 4.69) is 10.6 Å². The lowest BCUT2D eigenvalue weighted by atomic mass is 10.1. The summed E-state index contributed by atoms with van der Waals surface area (Å²) in [7, 11) is 0. The number of nitrogens with one attached hydrogen (secondary N) is 2. The molecule has 6 nitrogen and oxygen atoms in total. The van der Waals surface area contributed by atoms with Crippen LogP contribution in [0.2, 0.25) is 0 Å². The Morgan fingerprint density at radius 2 is 1.73 bits per heavy atom. The SMILES string of the molecule is CC(=O)Nc1cccc(NC(=O)c2cccc(N3CCCC3=O)c2)c1C. The summed E-state index contributed by atoms with van der Waals surface area (Å²) in [5.74, 6) is -0.345. The van der Waals surface area contributed by atoms with Gasteiger partial charge in [-0.1, -0.05) is 12.1 Å². The molecule has 2 aromatic rings. The number of anilines is 3. The fourth-order valence-corrected chi connectivity index (χ4v) is 3.03. The maximum absolute atomic E-state index is 12.6. The Balaban J connectivity index is 1.80. The Morgan fingerprint density at radius 1 is 1.04 bits per heavy atom. The van der Waals surface area contributed by atoms with E-state index >= 15 is 0 Å². The number of hydrogen-bond acceptors (Lipinski definition) is 3. The van der Waals surface area contributed by atoms with Crippen molar-refractivity contribution in [3.8, 4) is 0 Å². The minimum absolute atomic E-state index is 0.0846. The van der Waals surface area contributed by atoms with Gasteiger partial charge in [-0.25, -0.2) is 0 Å². The maximum Gasteiger partial charge on any atom is 0.255 e. The first-order chi connectivity index (χ1) is 12.5. The highest BCUT2D eigenvalue weighted by Gasteiger charge is 2.22. The van der Waals surface area contributed by atoms with Crippen molar-refractivity contribution in [3.05, 3.63) is 53.6 Å². The molecular weight excluding hydrogens is 330 g/mol. The smallest absolute Gasteiger partial charge is 0.255 e. The number of amides is 3. The van der Waals surface area contributed by atoms with Crippen molar-refractivity contribution in [1.82, 2.24) is 0 Å². The topological polar surface area (TPSA) is 78.5 Å². The van der Waals surface area contributed by atoms with E-state index in [1.54, 1.807) is 41.3 Å². The van der Waals surface area contributed by atoms with Gasteiger partial charge in [0.15, 0.2) is 0 Å². The number of hydrogen-bond donors (Lipinski definition) is 2. The summed E-state index contributed by atoms with van der Waals surface area (Å²) in [5, 5.41) is 5.62. The summed E-state index contributed by atoms with van der Waals surface area (Å²) in [6.07, 6.45) is 1.38. The zero-order valence-corrected chi connectivity index (χ0v) is 14.8. The van der Waals surface area contributed by atoms with Crippen LogP contribution >= 0.6 is 0 Å². The van der Waals surface area contributed by atoms with Crippen molar-refractivity contribution < 1.29 is 14.4 Å². The van der Waals surface area contributed by atoms with E-state index in [9.17, 15) is 14.4 Å². The van der Waals surface area contributed by atoms with Crippen LogP contribution in [0, 0.1) is 6.92 Å². The van der Waals surface area contributed by atoms with Gasteiger partial charge in [0.25, 0.3) is 5.91 Å². The lowest BCUT2D eigenvalue weighted by Crippen LogP contribution is -2.24. The first kappa shape index (κ1) is 17.7. The van der Waals surface area contributed by atoms with Crippen LogP contribution < -0.4 is 15.5 Å². The molecule has 3 rings (SSSR count). The van der Waals surface area contributed by atoms with E-state index < -0.39 is 0 Å². The molecule has 0 bridgehead atoms. The molecule has 134 valence electrons. The van der Waals surface area contributed by atoms with Gasteiger partial charge in [0, 0.05) is 42.5 Å². The molecule has 0 spiro atoms. The molecule has 2 aromatic carbocycles. The normalized spacial score (nSPS) is 13.6. The molecule has 1 heterocycles. The van der Waals surface area contributed by atoms with E-state index in [0.717, 1.165) is 17.7 Å². The molecule has 6 heteroatoms. The zero-order valence-electron chi connectivity index (χ0n) is 14.8. The molecule has 1 fully saturated rings. The van der Waals surface area contributed by atoms with Crippen molar-refractivity contribution in [2.75, 3.05) is 22.1 Å². The van der Waals surface area contributed by atoms with Crippen molar-refractivity contribution >= 4 is 34.8 Å². The number of carbonyl (C=O) groups excluding carboxylic acids is 3. The van der Waals surface area contributed by atoms with Crippen LogP contribution in [0.25, 0.3) is 0 Å². The van der Waals surface area contributed by atoms with Gasteiger partial charge in [0.2, 0.25) is 11.8 Å². The quantitative estimate of drug-likeness (QED) is 0.887. The predicted molar refractivity (Wildman–Crippen MR) is 101 cm³/mol. The van der Waals surface area contributed by atoms with Gasteiger partial charge in [0.05, 0.1) is 0 Å². The molecule has 1 aliphatic heterocycles. The fourth-order valence-electron chi connectivity index (χ4n) is 3.03. The second kappa shape index (κ2) is 7.39. The van der Waals surface area contributed by atoms with Gasteiger partial charge in [-0.3, -0.25) is 14.4 Å². The lowest BCUT2D eigenvalue weighted by molar-refractivity contribution is -0.117. The van der Waals surface area contributed by atoms with Gasteiger partial charge in [-0.05, 0) is 49.2 Å². The second-order valence-corrected chi connectivity index (χ2v) is 6.31. The third-order valence-electron chi connectivity index (χ3n) is 4.39. The molecule has 0 aliphatic carbocycles. The predicted octanol–water partition coefficient (Wildman–Crippen LogP) is 3.33. The highest BCUT2D eigenvalue weighted by Crippen LogP contribution is 2.25. The van der Waals surface area contributed by atoms with Crippen LogP contribution in [-0.4, -0.2) is 24.3 Å². The number of rotatable bonds is 4. The summed E-state index contributed by atoms with van der Waals surface area (Å²) in [4.78, 5) is 37.5. The zero-order chi connectivity index (χ0) is 18.7. The molecule has 1 saturated heterocycles. The highest BCUT2D eigenvalue weighted by molar-refractivity contribution is 6.06. The molecule has 0 atom stereocenters. The largest absolute Gasteiger partial charge is 0.326 e. The van der Waals surface area contributed by atoms with Crippen molar-refractivity contribution in [2.24, 2.45) is 0 Å². The Labute approximate surface area is 152 Å². The van der Waals surface area contributed by atoms with Crippen LogP contribution in [0.15, 0.2) is 42.5 Å². The van der Waals surface area contributed by atoms with E-state index in [4.69, 9.17) is 0 Å². The van der Waals surface area contributed by atoms with Crippen molar-refractivity contribution in [2.45, 2.75) is 26.7 Å². The van der Waals surface area contributed by atoms with Crippen LogP contribution in [0.5, 0.6) is 0 Å². The van der Waals surface area contributed by atoms with Crippen LogP contribution in [0.3, 0.4) is 0 Å². The van der Waals surface area contributed by atoms with Gasteiger partial charge in [-0.2, -0.15) is 0 Å². The average molecular weight is 351 g/mol. The molecule has 0 unspecified atom stereocenters. The molecule has 0 saturated carbocycles. The molecule has 0 aromatic heterocycles. The van der Waals surface area contributed by atoms with Gasteiger partial charge >= 0.3 is 0 Å². The van der Waals surface area contributed by atoms with Crippen molar-refractivity contribution in [3.63, 3.8) is 0 Å². The number of benzene rings is 2. The number of carbonyl (C=O) groups is 3. The molecular formula is C20H21N3O3. The van der Waals surface area contributed by atoms with Crippen LogP contribution in [0.4, 0.5) is 17.1 Å². The maximum atomic E-state index is 12.6. The minimum atomic E-state index is -0.262. The van der Waals surface area contributed by atoms with Crippen LogP contribution in [0.1, 0.15) is 35.7 Å². The van der Waals surface area contributed by atoms with E-state index in [1.165, 1.54) is 6.92 Å². The molecule has 0 radical (unpaired) electrons. The first-order valence-corrected chi connectivity index (χ1v) is 8.54. The number of nitrogens with zero attached hydrogens (tertiary/aromatic N) is 1. The van der Waals surface area contributed by atoms with Crippen LogP contribution in [-0.2, 0) is 9.59 Å². The minimum Gasteiger partial charge on any atom is -0.326 e. The summed E-state index contributed by atoms with van der Waals surface area (Å²) in [6.45, 7) is 3.96. The Kier molecular flexibility index (Phi) is 5.02. The first-order valence-electron chi connectivity index (χ1n) is 8.54.